The molecule has 7 heteroatoms. The number of benzene rings is 1. The lowest BCUT2D eigenvalue weighted by Gasteiger charge is -2.17. The van der Waals surface area contributed by atoms with Crippen LogP contribution in [0.5, 0.6) is 0 Å². The van der Waals surface area contributed by atoms with Crippen LogP contribution in [0.3, 0.4) is 0 Å². The van der Waals surface area contributed by atoms with Crippen LogP contribution in [0.4, 0.5) is 11.4 Å². The molecule has 0 fully saturated rings. The number of hydrogen-bond acceptors (Lipinski definition) is 6. The van der Waals surface area contributed by atoms with E-state index < -0.39 is 0 Å². The van der Waals surface area contributed by atoms with Crippen LogP contribution in [0, 0.1) is 6.92 Å². The van der Waals surface area contributed by atoms with Crippen LogP contribution >= 0.6 is 0 Å². The minimum atomic E-state index is -0.0932. The second-order valence-corrected chi connectivity index (χ2v) is 6.09. The summed E-state index contributed by atoms with van der Waals surface area (Å²) < 4.78 is 10.5. The van der Waals surface area contributed by atoms with Crippen molar-refractivity contribution in [2.45, 2.75) is 26.3 Å². The lowest BCUT2D eigenvalue weighted by molar-refractivity contribution is 0.0989. The first kappa shape index (κ1) is 15.4. The molecule has 0 radical (unpaired) electrons. The first-order valence-electron chi connectivity index (χ1n) is 8.15. The maximum atomic E-state index is 12.5. The third kappa shape index (κ3) is 2.88. The van der Waals surface area contributed by atoms with E-state index in [1.807, 2.05) is 19.1 Å². The summed E-state index contributed by atoms with van der Waals surface area (Å²) in [6.45, 7) is 4.40. The number of furan rings is 1. The molecule has 1 atom stereocenters. The Kier molecular flexibility index (Phi) is 3.76. The Morgan fingerprint density at radius 2 is 2.20 bits per heavy atom. The molecule has 0 aliphatic carbocycles. The highest BCUT2D eigenvalue weighted by atomic mass is 16.4. The molecule has 3 aromatic rings. The highest BCUT2D eigenvalue weighted by Gasteiger charge is 2.26. The average molecular weight is 338 g/mol. The number of rotatable bonds is 4. The van der Waals surface area contributed by atoms with Gasteiger partial charge in [-0.3, -0.25) is 4.79 Å². The molecule has 1 amide bonds. The van der Waals surface area contributed by atoms with Gasteiger partial charge in [-0.15, -0.1) is 10.2 Å². The van der Waals surface area contributed by atoms with Gasteiger partial charge in [-0.05, 0) is 43.2 Å². The topological polar surface area (TPSA) is 84.4 Å². The highest BCUT2D eigenvalue weighted by Crippen LogP contribution is 2.32. The SMILES string of the molecule is Cc1nnc(C(C)Nc2ccc3c(c2)CCN3C(=O)c2ccoc2)o1. The molecule has 0 bridgehead atoms. The third-order valence-corrected chi connectivity index (χ3v) is 4.28. The first-order chi connectivity index (χ1) is 12.1. The smallest absolute Gasteiger partial charge is 0.261 e. The van der Waals surface area contributed by atoms with E-state index >= 15 is 0 Å². The van der Waals surface area contributed by atoms with Crippen LogP contribution in [0.1, 0.15) is 40.7 Å². The van der Waals surface area contributed by atoms with Gasteiger partial charge in [0.05, 0.1) is 11.8 Å². The summed E-state index contributed by atoms with van der Waals surface area (Å²) in [7, 11) is 0. The number of fused-ring (bicyclic) bond motifs is 1. The molecule has 0 saturated heterocycles. The van der Waals surface area contributed by atoms with Crippen molar-refractivity contribution >= 4 is 17.3 Å². The second kappa shape index (κ2) is 6.08. The van der Waals surface area contributed by atoms with Crippen LogP contribution in [-0.2, 0) is 6.42 Å². The van der Waals surface area contributed by atoms with Gasteiger partial charge < -0.3 is 19.1 Å². The van der Waals surface area contributed by atoms with Crippen LogP contribution in [0.25, 0.3) is 0 Å². The molecule has 1 N–H and O–H groups in total. The van der Waals surface area contributed by atoms with Crippen LogP contribution in [0.15, 0.2) is 45.6 Å². The van der Waals surface area contributed by atoms with Gasteiger partial charge in [0.2, 0.25) is 11.8 Å². The van der Waals surface area contributed by atoms with Crippen molar-refractivity contribution in [3.05, 3.63) is 59.7 Å². The van der Waals surface area contributed by atoms with Crippen molar-refractivity contribution in [1.82, 2.24) is 10.2 Å². The molecule has 25 heavy (non-hydrogen) atoms. The number of hydrogen-bond donors (Lipinski definition) is 1. The first-order valence-corrected chi connectivity index (χ1v) is 8.15. The average Bonchev–Trinajstić information content (AvgIpc) is 3.34. The quantitative estimate of drug-likeness (QED) is 0.785. The Bertz CT molecular complexity index is 901. The third-order valence-electron chi connectivity index (χ3n) is 4.28. The molecule has 1 aliphatic rings. The van der Waals surface area contributed by atoms with Gasteiger partial charge in [-0.2, -0.15) is 0 Å². The summed E-state index contributed by atoms with van der Waals surface area (Å²) in [6.07, 6.45) is 3.81. The van der Waals surface area contributed by atoms with Gasteiger partial charge in [0.1, 0.15) is 12.3 Å². The molecule has 4 rings (SSSR count). The number of nitrogens with zero attached hydrogens (tertiary/aromatic N) is 3. The van der Waals surface area contributed by atoms with E-state index in [-0.39, 0.29) is 11.9 Å². The zero-order valence-electron chi connectivity index (χ0n) is 14.0. The summed E-state index contributed by atoms with van der Waals surface area (Å²) in [5.74, 6) is 1.06. The Hall–Kier alpha value is -3.09. The Balaban J connectivity index is 1.52. The fourth-order valence-corrected chi connectivity index (χ4v) is 3.04. The second-order valence-electron chi connectivity index (χ2n) is 6.09. The van der Waals surface area contributed by atoms with E-state index in [9.17, 15) is 4.79 Å². The summed E-state index contributed by atoms with van der Waals surface area (Å²) in [4.78, 5) is 14.3. The molecule has 0 spiro atoms. The Labute approximate surface area is 144 Å². The maximum Gasteiger partial charge on any atom is 0.261 e. The number of amides is 1. The lowest BCUT2D eigenvalue weighted by atomic mass is 10.1. The van der Waals surface area contributed by atoms with E-state index in [1.54, 1.807) is 17.9 Å². The molecule has 0 saturated carbocycles. The van der Waals surface area contributed by atoms with Crippen molar-refractivity contribution in [3.63, 3.8) is 0 Å². The predicted octanol–water partition coefficient (Wildman–Crippen LogP) is 3.35. The zero-order chi connectivity index (χ0) is 17.4. The van der Waals surface area contributed by atoms with Crippen LogP contribution in [0.2, 0.25) is 0 Å². The number of nitrogens with one attached hydrogen (secondary N) is 1. The number of aromatic nitrogens is 2. The fraction of sp³-hybridized carbons (Fsp3) is 0.278. The van der Waals surface area contributed by atoms with Crippen molar-refractivity contribution in [3.8, 4) is 0 Å². The number of anilines is 2. The van der Waals surface area contributed by atoms with Crippen molar-refractivity contribution in [1.29, 1.82) is 0 Å². The molecule has 2 aromatic heterocycles. The van der Waals surface area contributed by atoms with Gasteiger partial charge >= 0.3 is 0 Å². The molecule has 7 nitrogen and oxygen atoms in total. The van der Waals surface area contributed by atoms with E-state index in [0.29, 0.717) is 23.9 Å². The molecule has 1 aliphatic heterocycles. The predicted molar refractivity (Wildman–Crippen MR) is 91.6 cm³/mol. The molecule has 1 unspecified atom stereocenters. The van der Waals surface area contributed by atoms with E-state index in [4.69, 9.17) is 8.83 Å². The highest BCUT2D eigenvalue weighted by molar-refractivity contribution is 6.07. The summed E-state index contributed by atoms with van der Waals surface area (Å²) in [5.41, 5.74) is 3.60. The standard InChI is InChI=1S/C18H18N4O3/c1-11(17-21-20-12(2)25-17)19-15-3-4-16-13(9-15)5-7-22(16)18(23)14-6-8-24-10-14/h3-4,6,8-11,19H,5,7H2,1-2H3. The number of carbonyl (C=O) groups excluding carboxylic acids is 1. The van der Waals surface area contributed by atoms with Gasteiger partial charge in [0.15, 0.2) is 0 Å². The summed E-state index contributed by atoms with van der Waals surface area (Å²) >= 11 is 0. The molecule has 1 aromatic carbocycles. The van der Waals surface area contributed by atoms with Crippen molar-refractivity contribution in [2.24, 2.45) is 0 Å². The molecule has 3 heterocycles. The summed E-state index contributed by atoms with van der Waals surface area (Å²) in [6, 6.07) is 7.58. The van der Waals surface area contributed by atoms with Gasteiger partial charge in [-0.1, -0.05) is 0 Å². The minimum Gasteiger partial charge on any atom is -0.472 e. The molecular formula is C18H18N4O3. The van der Waals surface area contributed by atoms with Crippen LogP contribution < -0.4 is 10.2 Å². The number of carbonyl (C=O) groups is 1. The molecule has 128 valence electrons. The lowest BCUT2D eigenvalue weighted by Crippen LogP contribution is -2.28. The zero-order valence-corrected chi connectivity index (χ0v) is 14.0. The number of aryl methyl sites for hydroxylation is 1. The van der Waals surface area contributed by atoms with Gasteiger partial charge in [0.25, 0.3) is 5.91 Å². The summed E-state index contributed by atoms with van der Waals surface area (Å²) in [5, 5.41) is 11.2. The van der Waals surface area contributed by atoms with E-state index in [0.717, 1.165) is 23.4 Å². The van der Waals surface area contributed by atoms with Gasteiger partial charge in [0, 0.05) is 24.8 Å². The minimum absolute atomic E-state index is 0.0390. The van der Waals surface area contributed by atoms with E-state index in [1.165, 1.54) is 12.5 Å². The molecular weight excluding hydrogens is 320 g/mol. The van der Waals surface area contributed by atoms with E-state index in [2.05, 4.69) is 21.6 Å². The van der Waals surface area contributed by atoms with Gasteiger partial charge in [-0.25, -0.2) is 0 Å². The normalized spacial score (nSPS) is 14.4. The van der Waals surface area contributed by atoms with Crippen molar-refractivity contribution in [2.75, 3.05) is 16.8 Å². The largest absolute Gasteiger partial charge is 0.472 e. The Morgan fingerprint density at radius 3 is 2.92 bits per heavy atom. The Morgan fingerprint density at radius 1 is 1.32 bits per heavy atom. The van der Waals surface area contributed by atoms with Crippen molar-refractivity contribution < 1.29 is 13.6 Å². The maximum absolute atomic E-state index is 12.5. The monoisotopic (exact) mass is 338 g/mol. The fourth-order valence-electron chi connectivity index (χ4n) is 3.04. The van der Waals surface area contributed by atoms with Crippen LogP contribution in [-0.4, -0.2) is 22.6 Å².